The number of nitrogens with one attached hydrogen (secondary N) is 3. The molecule has 3 aromatic rings. The van der Waals surface area contributed by atoms with Gasteiger partial charge in [0.05, 0.1) is 42.6 Å². The molecular formula is C24H27ClN8O3. The highest BCUT2D eigenvalue weighted by Crippen LogP contribution is 2.31. The third kappa shape index (κ3) is 5.92. The second kappa shape index (κ2) is 11.1. The Morgan fingerprint density at radius 1 is 1.19 bits per heavy atom. The molecule has 1 atom stereocenters. The summed E-state index contributed by atoms with van der Waals surface area (Å²) in [4.78, 5) is 31.5. The van der Waals surface area contributed by atoms with Crippen molar-refractivity contribution in [1.29, 1.82) is 0 Å². The standard InChI is InChI=1S/C24H27ClN8O3/c1-14-11-33(12-15(2)31-14)24-29-7-18(8-30-24)32-23-27-9-19(10-28-23)36-13-17-5-16(22(34)26-3)6-20(35-4)21(17)25/h5-11,15,31H,12-13H2,1-4H3,(H,26,34)(H,27,28,32)/t15-/m0/s1. The number of amides is 1. The van der Waals surface area contributed by atoms with Crippen LogP contribution in [-0.2, 0) is 6.61 Å². The Bertz CT molecular complexity index is 1250. The number of hydrogen-bond acceptors (Lipinski definition) is 10. The summed E-state index contributed by atoms with van der Waals surface area (Å²) in [6.45, 7) is 5.00. The third-order valence-corrected chi connectivity index (χ3v) is 5.72. The van der Waals surface area contributed by atoms with Crippen molar-refractivity contribution in [3.63, 3.8) is 0 Å². The number of rotatable bonds is 8. The molecule has 0 aliphatic carbocycles. The van der Waals surface area contributed by atoms with E-state index in [0.717, 1.165) is 12.2 Å². The number of carbonyl (C=O) groups excluding carboxylic acids is 1. The van der Waals surface area contributed by atoms with E-state index < -0.39 is 0 Å². The van der Waals surface area contributed by atoms with Gasteiger partial charge in [-0.1, -0.05) is 11.6 Å². The van der Waals surface area contributed by atoms with Crippen LogP contribution in [0.5, 0.6) is 11.5 Å². The van der Waals surface area contributed by atoms with E-state index in [1.807, 2.05) is 18.0 Å². The molecule has 0 saturated heterocycles. The Balaban J connectivity index is 1.38. The number of ether oxygens (including phenoxy) is 2. The summed E-state index contributed by atoms with van der Waals surface area (Å²) in [6.07, 6.45) is 8.42. The lowest BCUT2D eigenvalue weighted by molar-refractivity contribution is 0.0962. The average Bonchev–Trinajstić information content (AvgIpc) is 2.88. The van der Waals surface area contributed by atoms with E-state index in [2.05, 4.69) is 42.8 Å². The molecule has 36 heavy (non-hydrogen) atoms. The van der Waals surface area contributed by atoms with E-state index in [0.29, 0.717) is 51.3 Å². The maximum atomic E-state index is 12.0. The molecule has 1 aliphatic heterocycles. The normalized spacial score (nSPS) is 15.0. The molecule has 1 amide bonds. The molecule has 4 rings (SSSR count). The molecule has 0 spiro atoms. The number of nitrogens with zero attached hydrogens (tertiary/aromatic N) is 5. The Morgan fingerprint density at radius 2 is 1.92 bits per heavy atom. The topological polar surface area (TPSA) is 126 Å². The Hall–Kier alpha value is -4.12. The van der Waals surface area contributed by atoms with Gasteiger partial charge in [0.15, 0.2) is 5.75 Å². The van der Waals surface area contributed by atoms with Gasteiger partial charge in [0.25, 0.3) is 5.91 Å². The predicted octanol–water partition coefficient (Wildman–Crippen LogP) is 3.27. The number of carbonyl (C=O) groups is 1. The zero-order chi connectivity index (χ0) is 25.7. The van der Waals surface area contributed by atoms with Crippen LogP contribution in [0.3, 0.4) is 0 Å². The van der Waals surface area contributed by atoms with Crippen LogP contribution in [0.15, 0.2) is 48.8 Å². The molecule has 12 heteroatoms. The van der Waals surface area contributed by atoms with Crippen molar-refractivity contribution in [2.75, 3.05) is 30.9 Å². The Morgan fingerprint density at radius 3 is 2.56 bits per heavy atom. The fraction of sp³-hybridized carbons (Fsp3) is 0.292. The lowest BCUT2D eigenvalue weighted by atomic mass is 10.1. The van der Waals surface area contributed by atoms with E-state index in [1.165, 1.54) is 19.5 Å². The second-order valence-electron chi connectivity index (χ2n) is 8.17. The molecule has 1 aromatic carbocycles. The van der Waals surface area contributed by atoms with Gasteiger partial charge in [0.1, 0.15) is 12.4 Å². The molecule has 2 aromatic heterocycles. The summed E-state index contributed by atoms with van der Waals surface area (Å²) in [5.41, 5.74) is 2.73. The minimum absolute atomic E-state index is 0.101. The number of benzene rings is 1. The SMILES string of the molecule is CNC(=O)c1cc(COc2cnc(Nc3cnc(N4C=C(C)N[C@@H](C)C4)nc3)nc2)c(Cl)c(OC)c1. The molecule has 3 heterocycles. The molecular weight excluding hydrogens is 484 g/mol. The van der Waals surface area contributed by atoms with Crippen LogP contribution in [0.25, 0.3) is 0 Å². The lowest BCUT2D eigenvalue weighted by Crippen LogP contribution is -2.41. The van der Waals surface area contributed by atoms with Gasteiger partial charge >= 0.3 is 0 Å². The van der Waals surface area contributed by atoms with E-state index in [1.54, 1.807) is 31.6 Å². The van der Waals surface area contributed by atoms with Gasteiger partial charge in [-0.3, -0.25) is 4.79 Å². The minimum Gasteiger partial charge on any atom is -0.495 e. The van der Waals surface area contributed by atoms with Crippen LogP contribution in [0, 0.1) is 0 Å². The number of allylic oxidation sites excluding steroid dienone is 1. The zero-order valence-corrected chi connectivity index (χ0v) is 21.1. The van der Waals surface area contributed by atoms with Crippen molar-refractivity contribution >= 4 is 35.1 Å². The first-order valence-corrected chi connectivity index (χ1v) is 11.6. The van der Waals surface area contributed by atoms with Crippen molar-refractivity contribution < 1.29 is 14.3 Å². The van der Waals surface area contributed by atoms with Crippen molar-refractivity contribution in [2.45, 2.75) is 26.5 Å². The van der Waals surface area contributed by atoms with Gasteiger partial charge in [-0.2, -0.15) is 0 Å². The third-order valence-electron chi connectivity index (χ3n) is 5.29. The Labute approximate surface area is 213 Å². The van der Waals surface area contributed by atoms with Crippen LogP contribution in [-0.4, -0.2) is 52.6 Å². The highest BCUT2D eigenvalue weighted by Gasteiger charge is 2.17. The average molecular weight is 511 g/mol. The largest absolute Gasteiger partial charge is 0.495 e. The van der Waals surface area contributed by atoms with Gasteiger partial charge in [-0.15, -0.1) is 0 Å². The first kappa shape index (κ1) is 25.0. The zero-order valence-electron chi connectivity index (χ0n) is 20.4. The van der Waals surface area contributed by atoms with Crippen LogP contribution < -0.4 is 30.3 Å². The van der Waals surface area contributed by atoms with E-state index >= 15 is 0 Å². The Kier molecular flexibility index (Phi) is 7.69. The number of halogens is 1. The maximum Gasteiger partial charge on any atom is 0.251 e. The highest BCUT2D eigenvalue weighted by atomic mass is 35.5. The van der Waals surface area contributed by atoms with Gasteiger partial charge < -0.3 is 30.3 Å². The molecule has 188 valence electrons. The quantitative estimate of drug-likeness (QED) is 0.415. The molecule has 0 bridgehead atoms. The number of hydrogen-bond donors (Lipinski definition) is 3. The molecule has 0 saturated carbocycles. The minimum atomic E-state index is -0.254. The number of aromatic nitrogens is 4. The van der Waals surface area contributed by atoms with Crippen LogP contribution in [0.4, 0.5) is 17.6 Å². The molecule has 0 fully saturated rings. The van der Waals surface area contributed by atoms with Gasteiger partial charge in [0, 0.05) is 42.7 Å². The van der Waals surface area contributed by atoms with E-state index in [9.17, 15) is 4.79 Å². The predicted molar refractivity (Wildman–Crippen MR) is 137 cm³/mol. The van der Waals surface area contributed by atoms with Crippen molar-refractivity contribution in [2.24, 2.45) is 0 Å². The molecule has 0 unspecified atom stereocenters. The lowest BCUT2D eigenvalue weighted by Gasteiger charge is -2.29. The summed E-state index contributed by atoms with van der Waals surface area (Å²) in [7, 11) is 3.04. The summed E-state index contributed by atoms with van der Waals surface area (Å²) in [5.74, 6) is 1.55. The monoisotopic (exact) mass is 510 g/mol. The fourth-order valence-electron chi connectivity index (χ4n) is 3.66. The maximum absolute atomic E-state index is 12.0. The molecule has 11 nitrogen and oxygen atoms in total. The summed E-state index contributed by atoms with van der Waals surface area (Å²) < 4.78 is 11.1. The van der Waals surface area contributed by atoms with Gasteiger partial charge in [-0.05, 0) is 26.0 Å². The van der Waals surface area contributed by atoms with Crippen LogP contribution in [0.2, 0.25) is 5.02 Å². The highest BCUT2D eigenvalue weighted by molar-refractivity contribution is 6.33. The van der Waals surface area contributed by atoms with Gasteiger partial charge in [0.2, 0.25) is 11.9 Å². The van der Waals surface area contributed by atoms with Crippen LogP contribution >= 0.6 is 11.6 Å². The number of anilines is 3. The van der Waals surface area contributed by atoms with Crippen molar-refractivity contribution in [3.05, 3.63) is 65.0 Å². The first-order chi connectivity index (χ1) is 17.4. The second-order valence-corrected chi connectivity index (χ2v) is 8.55. The first-order valence-electron chi connectivity index (χ1n) is 11.2. The van der Waals surface area contributed by atoms with E-state index in [-0.39, 0.29) is 12.5 Å². The van der Waals surface area contributed by atoms with Gasteiger partial charge in [-0.25, -0.2) is 19.9 Å². The summed E-state index contributed by atoms with van der Waals surface area (Å²) in [6, 6.07) is 3.54. The molecule has 1 aliphatic rings. The molecule has 3 N–H and O–H groups in total. The van der Waals surface area contributed by atoms with Crippen molar-refractivity contribution in [1.82, 2.24) is 30.6 Å². The van der Waals surface area contributed by atoms with Crippen molar-refractivity contribution in [3.8, 4) is 11.5 Å². The smallest absolute Gasteiger partial charge is 0.251 e. The summed E-state index contributed by atoms with van der Waals surface area (Å²) in [5, 5.41) is 9.38. The summed E-state index contributed by atoms with van der Waals surface area (Å²) >= 11 is 6.39. The van der Waals surface area contributed by atoms with E-state index in [4.69, 9.17) is 21.1 Å². The molecule has 0 radical (unpaired) electrons. The fourth-order valence-corrected chi connectivity index (χ4v) is 3.90. The number of methoxy groups -OCH3 is 1. The van der Waals surface area contributed by atoms with Crippen LogP contribution in [0.1, 0.15) is 29.8 Å².